The van der Waals surface area contributed by atoms with Gasteiger partial charge < -0.3 is 19.3 Å². The number of carbonyl (C=O) groups is 1. The molecule has 1 saturated heterocycles. The minimum Gasteiger partial charge on any atom is -0.497 e. The second-order valence-corrected chi connectivity index (χ2v) is 7.83. The van der Waals surface area contributed by atoms with Gasteiger partial charge in [0.15, 0.2) is 0 Å². The molecule has 7 heteroatoms. The molecule has 0 bridgehead atoms. The quantitative estimate of drug-likeness (QED) is 0.658. The number of aliphatic carboxylic acids is 1. The molecule has 0 aliphatic carbocycles. The van der Waals surface area contributed by atoms with Crippen LogP contribution in [0.15, 0.2) is 36.4 Å². The predicted molar refractivity (Wildman–Crippen MR) is 119 cm³/mol. The Morgan fingerprint density at radius 3 is 2.23 bits per heavy atom. The van der Waals surface area contributed by atoms with E-state index in [9.17, 15) is 9.90 Å². The van der Waals surface area contributed by atoms with E-state index in [1.54, 1.807) is 14.2 Å². The maximum atomic E-state index is 12.1. The number of nitrogens with zero attached hydrogens (tertiary/aromatic N) is 2. The Morgan fingerprint density at radius 2 is 1.65 bits per heavy atom. The first kappa shape index (κ1) is 22.9. The van der Waals surface area contributed by atoms with Crippen molar-refractivity contribution in [3.63, 3.8) is 0 Å². The van der Waals surface area contributed by atoms with Crippen LogP contribution in [0.25, 0.3) is 0 Å². The zero-order chi connectivity index (χ0) is 22.4. The first-order valence-corrected chi connectivity index (χ1v) is 10.5. The number of piperazine rings is 1. The van der Waals surface area contributed by atoms with Crippen molar-refractivity contribution in [3.8, 4) is 17.2 Å². The molecule has 1 atom stereocenters. The van der Waals surface area contributed by atoms with Gasteiger partial charge >= 0.3 is 5.97 Å². The van der Waals surface area contributed by atoms with Crippen molar-refractivity contribution >= 4 is 5.97 Å². The molecule has 31 heavy (non-hydrogen) atoms. The minimum absolute atomic E-state index is 0.576. The van der Waals surface area contributed by atoms with E-state index in [2.05, 4.69) is 4.90 Å². The number of carboxylic acids is 1. The number of hydrogen-bond donors (Lipinski definition) is 1. The van der Waals surface area contributed by atoms with Gasteiger partial charge in [0.2, 0.25) is 0 Å². The van der Waals surface area contributed by atoms with E-state index in [0.717, 1.165) is 53.6 Å². The average Bonchev–Trinajstić information content (AvgIpc) is 2.75. The van der Waals surface area contributed by atoms with Crippen LogP contribution in [0.1, 0.15) is 22.7 Å². The van der Waals surface area contributed by atoms with Crippen molar-refractivity contribution in [3.05, 3.63) is 53.1 Å². The summed E-state index contributed by atoms with van der Waals surface area (Å²) in [5, 5.41) is 9.95. The zero-order valence-corrected chi connectivity index (χ0v) is 18.8. The fourth-order valence-electron chi connectivity index (χ4n) is 4.20. The Morgan fingerprint density at radius 1 is 1.00 bits per heavy atom. The molecule has 1 aliphatic heterocycles. The summed E-state index contributed by atoms with van der Waals surface area (Å²) in [5.74, 6) is 1.55. The summed E-state index contributed by atoms with van der Waals surface area (Å²) in [4.78, 5) is 16.5. The van der Waals surface area contributed by atoms with Crippen molar-refractivity contribution in [1.29, 1.82) is 0 Å². The largest absolute Gasteiger partial charge is 0.497 e. The van der Waals surface area contributed by atoms with Crippen molar-refractivity contribution in [2.24, 2.45) is 0 Å². The highest BCUT2D eigenvalue weighted by molar-refractivity contribution is 5.76. The highest BCUT2D eigenvalue weighted by atomic mass is 16.5. The fourth-order valence-corrected chi connectivity index (χ4v) is 4.20. The van der Waals surface area contributed by atoms with Gasteiger partial charge in [0.25, 0.3) is 0 Å². The first-order chi connectivity index (χ1) is 14.9. The Labute approximate surface area is 184 Å². The maximum Gasteiger partial charge on any atom is 0.325 e. The molecule has 1 unspecified atom stereocenters. The van der Waals surface area contributed by atoms with Gasteiger partial charge in [-0.1, -0.05) is 18.2 Å². The number of aryl methyl sites for hydroxylation is 2. The van der Waals surface area contributed by atoms with E-state index < -0.39 is 12.0 Å². The van der Waals surface area contributed by atoms with E-state index in [1.807, 2.05) is 55.1 Å². The van der Waals surface area contributed by atoms with Crippen LogP contribution in [0.2, 0.25) is 0 Å². The standard InChI is InChI=1S/C24H32N2O5/c1-17-14-19(15-18(2)23(17)30-4)22(24(27)28)26-10-8-25(9-11-26)12-13-31-21-7-5-6-20(16-21)29-3/h5-7,14-16,22H,8-13H2,1-4H3,(H,27,28). The van der Waals surface area contributed by atoms with Crippen molar-refractivity contribution < 1.29 is 24.1 Å². The lowest BCUT2D eigenvalue weighted by molar-refractivity contribution is -0.144. The van der Waals surface area contributed by atoms with Crippen LogP contribution in [0.4, 0.5) is 0 Å². The highest BCUT2D eigenvalue weighted by Gasteiger charge is 2.31. The molecule has 1 aliphatic rings. The van der Waals surface area contributed by atoms with Crippen LogP contribution >= 0.6 is 0 Å². The zero-order valence-electron chi connectivity index (χ0n) is 18.8. The molecule has 1 fully saturated rings. The van der Waals surface area contributed by atoms with Gasteiger partial charge in [0, 0.05) is 38.8 Å². The monoisotopic (exact) mass is 428 g/mol. The second-order valence-electron chi connectivity index (χ2n) is 7.83. The lowest BCUT2D eigenvalue weighted by Gasteiger charge is -2.38. The number of ether oxygens (including phenoxy) is 3. The van der Waals surface area contributed by atoms with Gasteiger partial charge in [-0.25, -0.2) is 0 Å². The van der Waals surface area contributed by atoms with Crippen LogP contribution in [0.5, 0.6) is 17.2 Å². The predicted octanol–water partition coefficient (Wildman–Crippen LogP) is 3.14. The van der Waals surface area contributed by atoms with Crippen molar-refractivity contribution in [2.75, 3.05) is 53.6 Å². The number of carboxylic acid groups (broad SMARTS) is 1. The minimum atomic E-state index is -0.821. The first-order valence-electron chi connectivity index (χ1n) is 10.5. The third kappa shape index (κ3) is 5.68. The smallest absolute Gasteiger partial charge is 0.325 e. The molecular weight excluding hydrogens is 396 g/mol. The third-order valence-corrected chi connectivity index (χ3v) is 5.73. The van der Waals surface area contributed by atoms with Gasteiger partial charge in [0.1, 0.15) is 29.9 Å². The third-order valence-electron chi connectivity index (χ3n) is 5.73. The Bertz CT molecular complexity index is 870. The summed E-state index contributed by atoms with van der Waals surface area (Å²) < 4.78 is 16.5. The molecule has 1 N–H and O–H groups in total. The molecule has 168 valence electrons. The summed E-state index contributed by atoms with van der Waals surface area (Å²) in [5.41, 5.74) is 2.72. The Balaban J connectivity index is 1.56. The average molecular weight is 429 g/mol. The molecule has 2 aromatic rings. The number of methoxy groups -OCH3 is 2. The van der Waals surface area contributed by atoms with E-state index in [1.165, 1.54) is 0 Å². The van der Waals surface area contributed by atoms with E-state index in [0.29, 0.717) is 19.7 Å². The molecule has 0 amide bonds. The molecule has 0 radical (unpaired) electrons. The lowest BCUT2D eigenvalue weighted by atomic mass is 9.98. The number of benzene rings is 2. The fraction of sp³-hybridized carbons (Fsp3) is 0.458. The molecule has 0 aromatic heterocycles. The molecular formula is C24H32N2O5. The molecule has 1 heterocycles. The topological polar surface area (TPSA) is 71.5 Å². The van der Waals surface area contributed by atoms with E-state index >= 15 is 0 Å². The summed E-state index contributed by atoms with van der Waals surface area (Å²) in [6.07, 6.45) is 0. The molecule has 0 spiro atoms. The van der Waals surface area contributed by atoms with Crippen LogP contribution < -0.4 is 14.2 Å². The van der Waals surface area contributed by atoms with Crippen LogP contribution in [-0.4, -0.2) is 74.4 Å². The summed E-state index contributed by atoms with van der Waals surface area (Å²) in [6, 6.07) is 10.8. The van der Waals surface area contributed by atoms with Crippen molar-refractivity contribution in [1.82, 2.24) is 9.80 Å². The molecule has 7 nitrogen and oxygen atoms in total. The second kappa shape index (κ2) is 10.5. The Hall–Kier alpha value is -2.77. The molecule has 2 aromatic carbocycles. The SMILES string of the molecule is COc1cccc(OCCN2CCN(C(C(=O)O)c3cc(C)c(OC)c(C)c3)CC2)c1. The summed E-state index contributed by atoms with van der Waals surface area (Å²) >= 11 is 0. The van der Waals surface area contributed by atoms with Crippen molar-refractivity contribution in [2.45, 2.75) is 19.9 Å². The van der Waals surface area contributed by atoms with E-state index in [-0.39, 0.29) is 0 Å². The van der Waals surface area contributed by atoms with Gasteiger partial charge in [-0.15, -0.1) is 0 Å². The van der Waals surface area contributed by atoms with E-state index in [4.69, 9.17) is 14.2 Å². The number of rotatable bonds is 9. The summed E-state index contributed by atoms with van der Waals surface area (Å²) in [7, 11) is 3.28. The normalized spacial score (nSPS) is 16.0. The lowest BCUT2D eigenvalue weighted by Crippen LogP contribution is -2.50. The van der Waals surface area contributed by atoms with Crippen LogP contribution in [-0.2, 0) is 4.79 Å². The summed E-state index contributed by atoms with van der Waals surface area (Å²) in [6.45, 7) is 8.28. The Kier molecular flexibility index (Phi) is 7.76. The highest BCUT2D eigenvalue weighted by Crippen LogP contribution is 2.30. The van der Waals surface area contributed by atoms with Gasteiger partial charge in [-0.05, 0) is 42.7 Å². The van der Waals surface area contributed by atoms with Crippen LogP contribution in [0.3, 0.4) is 0 Å². The van der Waals surface area contributed by atoms with Gasteiger partial charge in [-0.2, -0.15) is 0 Å². The van der Waals surface area contributed by atoms with Gasteiger partial charge in [0.05, 0.1) is 14.2 Å². The molecule has 3 rings (SSSR count). The van der Waals surface area contributed by atoms with Crippen LogP contribution in [0, 0.1) is 13.8 Å². The van der Waals surface area contributed by atoms with Gasteiger partial charge in [-0.3, -0.25) is 14.6 Å². The molecule has 0 saturated carbocycles. The number of hydrogen-bond acceptors (Lipinski definition) is 6. The maximum absolute atomic E-state index is 12.1.